The van der Waals surface area contributed by atoms with Crippen molar-refractivity contribution in [2.24, 2.45) is 0 Å². The summed E-state index contributed by atoms with van der Waals surface area (Å²) in [4.78, 5) is 0. The van der Waals surface area contributed by atoms with E-state index in [2.05, 4.69) is 15.9 Å². The van der Waals surface area contributed by atoms with Gasteiger partial charge in [-0.15, -0.1) is 0 Å². The first-order chi connectivity index (χ1) is 9.94. The summed E-state index contributed by atoms with van der Waals surface area (Å²) in [7, 11) is -7.15. The standard InChI is InChI=1S/C12H27BrO6P2/c1-5-16-20(14,17-6-2)12(10-9-11-13)21(15,18-7-3)19-8-4/h12H,5-11H2,1-4H3. The smallest absolute Gasteiger partial charge is 0.308 e. The SMILES string of the molecule is CCOP(=O)(OCC)C(CCCBr)P(=O)(OCC)OCC. The Bertz CT molecular complexity index is 316. The first-order valence-electron chi connectivity index (χ1n) is 7.27. The van der Waals surface area contributed by atoms with Gasteiger partial charge in [0.05, 0.1) is 26.4 Å². The van der Waals surface area contributed by atoms with Crippen molar-refractivity contribution in [3.8, 4) is 0 Å². The molecule has 0 saturated carbocycles. The molecule has 0 atom stereocenters. The average Bonchev–Trinajstić information content (AvgIpc) is 2.40. The van der Waals surface area contributed by atoms with Crippen LogP contribution < -0.4 is 0 Å². The second-order valence-electron chi connectivity index (χ2n) is 4.06. The van der Waals surface area contributed by atoms with E-state index >= 15 is 0 Å². The van der Waals surface area contributed by atoms with Gasteiger partial charge in [0.1, 0.15) is 0 Å². The lowest BCUT2D eigenvalue weighted by molar-refractivity contribution is 0.193. The molecule has 0 bridgehead atoms. The first kappa shape index (κ1) is 21.8. The number of rotatable bonds is 13. The molecule has 0 aromatic rings. The molecule has 0 aliphatic carbocycles. The van der Waals surface area contributed by atoms with Gasteiger partial charge in [-0.2, -0.15) is 0 Å². The van der Waals surface area contributed by atoms with Crippen LogP contribution in [0.3, 0.4) is 0 Å². The molecule has 9 heteroatoms. The van der Waals surface area contributed by atoms with Crippen molar-refractivity contribution in [3.63, 3.8) is 0 Å². The maximum atomic E-state index is 13.0. The Hall–Kier alpha value is 0.780. The lowest BCUT2D eigenvalue weighted by atomic mass is 10.4. The van der Waals surface area contributed by atoms with E-state index in [4.69, 9.17) is 18.1 Å². The second kappa shape index (κ2) is 11.3. The van der Waals surface area contributed by atoms with E-state index in [9.17, 15) is 9.13 Å². The molecule has 0 spiro atoms. The number of hydrogen-bond donors (Lipinski definition) is 0. The van der Waals surface area contributed by atoms with Crippen LogP contribution >= 0.6 is 31.1 Å². The van der Waals surface area contributed by atoms with Crippen LogP contribution in [0.4, 0.5) is 0 Å². The van der Waals surface area contributed by atoms with Crippen LogP contribution in [0, 0.1) is 0 Å². The average molecular weight is 409 g/mol. The zero-order chi connectivity index (χ0) is 16.4. The second-order valence-corrected chi connectivity index (χ2v) is 9.70. The van der Waals surface area contributed by atoms with Gasteiger partial charge in [-0.25, -0.2) is 0 Å². The first-order valence-corrected chi connectivity index (χ1v) is 11.6. The van der Waals surface area contributed by atoms with Gasteiger partial charge >= 0.3 is 15.2 Å². The van der Waals surface area contributed by atoms with Crippen LogP contribution in [0.15, 0.2) is 0 Å². The van der Waals surface area contributed by atoms with E-state index in [1.165, 1.54) is 0 Å². The summed E-state index contributed by atoms with van der Waals surface area (Å²) >= 11 is 3.32. The minimum Gasteiger partial charge on any atom is -0.308 e. The fourth-order valence-electron chi connectivity index (χ4n) is 1.89. The molecule has 0 N–H and O–H groups in total. The molecule has 0 heterocycles. The summed E-state index contributed by atoms with van der Waals surface area (Å²) in [6, 6.07) is 0. The van der Waals surface area contributed by atoms with Gasteiger partial charge in [-0.3, -0.25) is 9.13 Å². The Kier molecular flexibility index (Phi) is 11.8. The minimum atomic E-state index is -3.57. The number of halogens is 1. The van der Waals surface area contributed by atoms with Crippen molar-refractivity contribution in [2.45, 2.75) is 45.9 Å². The third kappa shape index (κ3) is 6.82. The van der Waals surface area contributed by atoms with Gasteiger partial charge in [-0.1, -0.05) is 15.9 Å². The van der Waals surface area contributed by atoms with Gasteiger partial charge < -0.3 is 18.1 Å². The number of alkyl halides is 1. The summed E-state index contributed by atoms with van der Waals surface area (Å²) in [5.41, 5.74) is 0. The largest absolute Gasteiger partial charge is 0.345 e. The van der Waals surface area contributed by atoms with Gasteiger partial charge in [-0.05, 0) is 40.5 Å². The van der Waals surface area contributed by atoms with Crippen molar-refractivity contribution in [1.82, 2.24) is 0 Å². The van der Waals surface area contributed by atoms with Crippen molar-refractivity contribution >= 4 is 31.1 Å². The molecule has 21 heavy (non-hydrogen) atoms. The highest BCUT2D eigenvalue weighted by atomic mass is 79.9. The normalized spacial score (nSPS) is 13.0. The lowest BCUT2D eigenvalue weighted by Crippen LogP contribution is -2.18. The molecule has 0 aromatic heterocycles. The Morgan fingerprint density at radius 2 is 1.14 bits per heavy atom. The molecule has 0 amide bonds. The highest BCUT2D eigenvalue weighted by Gasteiger charge is 2.50. The van der Waals surface area contributed by atoms with Crippen LogP contribution in [0.5, 0.6) is 0 Å². The maximum absolute atomic E-state index is 13.0. The molecule has 128 valence electrons. The Labute approximate surface area is 136 Å². The summed E-state index contributed by atoms with van der Waals surface area (Å²) in [6.45, 7) is 7.72. The van der Waals surface area contributed by atoms with Crippen LogP contribution in [0.25, 0.3) is 0 Å². The van der Waals surface area contributed by atoms with Crippen LogP contribution in [0.1, 0.15) is 40.5 Å². The predicted molar refractivity (Wildman–Crippen MR) is 88.5 cm³/mol. The number of hydrogen-bond acceptors (Lipinski definition) is 6. The Morgan fingerprint density at radius 3 is 1.38 bits per heavy atom. The third-order valence-electron chi connectivity index (χ3n) is 2.56. The highest BCUT2D eigenvalue weighted by Crippen LogP contribution is 2.71. The zero-order valence-electron chi connectivity index (χ0n) is 13.2. The molecular formula is C12H27BrO6P2. The summed E-state index contributed by atoms with van der Waals surface area (Å²) < 4.78 is 47.5. The topological polar surface area (TPSA) is 71.1 Å². The molecule has 0 radical (unpaired) electrons. The van der Waals surface area contributed by atoms with Crippen molar-refractivity contribution in [3.05, 3.63) is 0 Å². The molecule has 0 saturated heterocycles. The van der Waals surface area contributed by atoms with Gasteiger partial charge in [0.15, 0.2) is 5.40 Å². The van der Waals surface area contributed by atoms with Crippen LogP contribution in [-0.2, 0) is 27.2 Å². The summed E-state index contributed by atoms with van der Waals surface area (Å²) in [6.07, 6.45) is 1.04. The van der Waals surface area contributed by atoms with Gasteiger partial charge in [0.25, 0.3) is 0 Å². The van der Waals surface area contributed by atoms with Crippen molar-refractivity contribution in [1.29, 1.82) is 0 Å². The van der Waals surface area contributed by atoms with Crippen LogP contribution in [0.2, 0.25) is 0 Å². The predicted octanol–water partition coefficient (Wildman–Crippen LogP) is 5.02. The zero-order valence-corrected chi connectivity index (χ0v) is 16.6. The molecule has 0 rings (SSSR count). The Morgan fingerprint density at radius 1 is 0.810 bits per heavy atom. The lowest BCUT2D eigenvalue weighted by Gasteiger charge is -2.31. The van der Waals surface area contributed by atoms with E-state index in [1.807, 2.05) is 0 Å². The molecule has 0 unspecified atom stereocenters. The minimum absolute atomic E-state index is 0.209. The van der Waals surface area contributed by atoms with Gasteiger partial charge in [0.2, 0.25) is 0 Å². The van der Waals surface area contributed by atoms with Gasteiger partial charge in [0, 0.05) is 5.33 Å². The highest BCUT2D eigenvalue weighted by molar-refractivity contribution is 9.09. The fourth-order valence-corrected chi connectivity index (χ4v) is 7.67. The van der Waals surface area contributed by atoms with E-state index < -0.39 is 20.6 Å². The molecular weight excluding hydrogens is 382 g/mol. The maximum Gasteiger partial charge on any atom is 0.345 e. The fraction of sp³-hybridized carbons (Fsp3) is 1.00. The van der Waals surface area contributed by atoms with Crippen LogP contribution in [-0.4, -0.2) is 37.2 Å². The monoisotopic (exact) mass is 408 g/mol. The van der Waals surface area contributed by atoms with Crippen molar-refractivity contribution < 1.29 is 27.2 Å². The molecule has 0 aliphatic rings. The molecule has 6 nitrogen and oxygen atoms in total. The summed E-state index contributed by atoms with van der Waals surface area (Å²) in [5.74, 6) is 0. The van der Waals surface area contributed by atoms with E-state index in [0.29, 0.717) is 18.2 Å². The molecule has 0 aromatic carbocycles. The van der Waals surface area contributed by atoms with E-state index in [1.54, 1.807) is 27.7 Å². The third-order valence-corrected chi connectivity index (χ3v) is 9.27. The molecule has 0 aliphatic heterocycles. The van der Waals surface area contributed by atoms with E-state index in [-0.39, 0.29) is 26.4 Å². The molecule has 0 fully saturated rings. The quantitative estimate of drug-likeness (QED) is 0.314. The van der Waals surface area contributed by atoms with Crippen molar-refractivity contribution in [2.75, 3.05) is 31.8 Å². The summed E-state index contributed by atoms with van der Waals surface area (Å²) in [5, 5.41) is -0.206. The Balaban J connectivity index is 5.57. The van der Waals surface area contributed by atoms with E-state index in [0.717, 1.165) is 0 Å².